The van der Waals surface area contributed by atoms with E-state index in [1.165, 1.54) is 22.4 Å². The molecule has 1 fully saturated rings. The monoisotopic (exact) mass is 544 g/mol. The van der Waals surface area contributed by atoms with Crippen LogP contribution in [0, 0.1) is 13.8 Å². The van der Waals surface area contributed by atoms with E-state index in [9.17, 15) is 0 Å². The number of hydrazone groups is 1. The molecule has 186 valence electrons. The molecule has 3 aromatic carbocycles. The van der Waals surface area contributed by atoms with Crippen molar-refractivity contribution in [2.24, 2.45) is 5.10 Å². The van der Waals surface area contributed by atoms with Crippen LogP contribution in [0.2, 0.25) is 0 Å². The van der Waals surface area contributed by atoms with E-state index >= 15 is 0 Å². The number of anilines is 2. The van der Waals surface area contributed by atoms with Gasteiger partial charge in [-0.05, 0) is 48.7 Å². The molecule has 0 amide bonds. The predicted octanol–water partition coefficient (Wildman–Crippen LogP) is 5.46. The van der Waals surface area contributed by atoms with E-state index in [1.54, 1.807) is 0 Å². The third-order valence-electron chi connectivity index (χ3n) is 6.73. The Morgan fingerprint density at radius 2 is 1.56 bits per heavy atom. The number of amidine groups is 1. The highest BCUT2D eigenvalue weighted by Crippen LogP contribution is 2.31. The summed E-state index contributed by atoms with van der Waals surface area (Å²) in [5.41, 5.74) is 9.18. The van der Waals surface area contributed by atoms with Crippen molar-refractivity contribution in [3.05, 3.63) is 100 Å². The maximum Gasteiger partial charge on any atom is 0.166 e. The topological polar surface area (TPSA) is 37.4 Å². The number of halogens is 1. The number of benzene rings is 3. The predicted molar refractivity (Wildman–Crippen MR) is 154 cm³/mol. The Labute approximate surface area is 222 Å². The first-order valence-electron chi connectivity index (χ1n) is 12.5. The molecule has 1 N–H and O–H groups in total. The summed E-state index contributed by atoms with van der Waals surface area (Å²) in [4.78, 5) is 5.02. The van der Waals surface area contributed by atoms with Crippen molar-refractivity contribution in [1.29, 1.82) is 0 Å². The lowest BCUT2D eigenvalue weighted by molar-refractivity contribution is 0.157. The molecule has 1 saturated heterocycles. The van der Waals surface area contributed by atoms with Crippen LogP contribution in [0.15, 0.2) is 88.4 Å². The number of hydrazine groups is 2. The van der Waals surface area contributed by atoms with Crippen LogP contribution in [0.25, 0.3) is 6.08 Å². The Morgan fingerprint density at radius 3 is 2.28 bits per heavy atom. The maximum atomic E-state index is 4.80. The molecule has 0 unspecified atom stereocenters. The molecule has 36 heavy (non-hydrogen) atoms. The van der Waals surface area contributed by atoms with Crippen molar-refractivity contribution in [1.82, 2.24) is 15.3 Å². The molecular weight excluding hydrogens is 512 g/mol. The van der Waals surface area contributed by atoms with Gasteiger partial charge >= 0.3 is 0 Å². The summed E-state index contributed by atoms with van der Waals surface area (Å²) in [6.45, 7) is 10.3. The highest BCUT2D eigenvalue weighted by atomic mass is 79.9. The quantitative estimate of drug-likeness (QED) is 0.427. The largest absolute Gasteiger partial charge is 0.297 e. The van der Waals surface area contributed by atoms with Gasteiger partial charge in [0.15, 0.2) is 5.84 Å². The van der Waals surface area contributed by atoms with Gasteiger partial charge < -0.3 is 0 Å². The van der Waals surface area contributed by atoms with Crippen LogP contribution >= 0.6 is 15.9 Å². The lowest BCUT2D eigenvalue weighted by Gasteiger charge is -2.37. The van der Waals surface area contributed by atoms with E-state index in [2.05, 4.69) is 123 Å². The van der Waals surface area contributed by atoms with Crippen LogP contribution in [-0.4, -0.2) is 54.9 Å². The molecule has 3 aromatic rings. The minimum Gasteiger partial charge on any atom is -0.297 e. The molecule has 0 aromatic heterocycles. The summed E-state index contributed by atoms with van der Waals surface area (Å²) >= 11 is 3.62. The van der Waals surface area contributed by atoms with Gasteiger partial charge in [0.05, 0.1) is 17.9 Å². The normalized spacial score (nSPS) is 17.0. The third kappa shape index (κ3) is 5.64. The number of aryl methyl sites for hydroxylation is 2. The van der Waals surface area contributed by atoms with E-state index < -0.39 is 0 Å². The Balaban J connectivity index is 1.26. The van der Waals surface area contributed by atoms with E-state index in [-0.39, 0.29) is 0 Å². The zero-order chi connectivity index (χ0) is 24.9. The molecule has 2 aliphatic heterocycles. The van der Waals surface area contributed by atoms with E-state index in [1.807, 2.05) is 17.3 Å². The molecule has 7 heteroatoms. The maximum absolute atomic E-state index is 4.80. The van der Waals surface area contributed by atoms with Crippen molar-refractivity contribution >= 4 is 39.2 Å². The summed E-state index contributed by atoms with van der Waals surface area (Å²) < 4.78 is 1.04. The van der Waals surface area contributed by atoms with Crippen LogP contribution in [0.5, 0.6) is 0 Å². The van der Waals surface area contributed by atoms with Gasteiger partial charge in [0.1, 0.15) is 0 Å². The molecule has 0 bridgehead atoms. The van der Waals surface area contributed by atoms with Crippen LogP contribution < -0.4 is 15.7 Å². The van der Waals surface area contributed by atoms with E-state index in [4.69, 9.17) is 5.10 Å². The van der Waals surface area contributed by atoms with Crippen molar-refractivity contribution < 1.29 is 0 Å². The third-order valence-corrected chi connectivity index (χ3v) is 7.22. The van der Waals surface area contributed by atoms with Crippen LogP contribution in [0.4, 0.5) is 11.4 Å². The second-order valence-corrected chi connectivity index (χ2v) is 10.3. The molecule has 2 aliphatic rings. The first-order valence-corrected chi connectivity index (χ1v) is 13.3. The summed E-state index contributed by atoms with van der Waals surface area (Å²) in [7, 11) is 0. The number of piperazine rings is 1. The van der Waals surface area contributed by atoms with Gasteiger partial charge in [-0.2, -0.15) is 10.7 Å². The number of rotatable bonds is 7. The first-order chi connectivity index (χ1) is 17.6. The molecule has 0 atom stereocenters. The summed E-state index contributed by atoms with van der Waals surface area (Å²) in [6.07, 6.45) is 4.48. The number of hydrogen-bond acceptors (Lipinski definition) is 6. The molecule has 0 spiro atoms. The van der Waals surface area contributed by atoms with Gasteiger partial charge in [0, 0.05) is 37.2 Å². The average Bonchev–Trinajstić information content (AvgIpc) is 3.29. The van der Waals surface area contributed by atoms with Gasteiger partial charge in [0.2, 0.25) is 0 Å². The molecule has 6 nitrogen and oxygen atoms in total. The van der Waals surface area contributed by atoms with Crippen LogP contribution in [-0.2, 0) is 0 Å². The zero-order valence-electron chi connectivity index (χ0n) is 20.9. The van der Waals surface area contributed by atoms with Crippen LogP contribution in [0.1, 0.15) is 16.7 Å². The lowest BCUT2D eigenvalue weighted by Crippen LogP contribution is -2.52. The summed E-state index contributed by atoms with van der Waals surface area (Å²) in [6, 6.07) is 25.2. The highest BCUT2D eigenvalue weighted by molar-refractivity contribution is 9.10. The number of para-hydroxylation sites is 1. The second kappa shape index (κ2) is 11.3. The van der Waals surface area contributed by atoms with E-state index in [0.29, 0.717) is 0 Å². The van der Waals surface area contributed by atoms with Gasteiger partial charge in [-0.15, -0.1) is 5.10 Å². The van der Waals surface area contributed by atoms with E-state index in [0.717, 1.165) is 55.3 Å². The van der Waals surface area contributed by atoms with Crippen molar-refractivity contribution in [3.8, 4) is 0 Å². The van der Waals surface area contributed by atoms with Crippen LogP contribution in [0.3, 0.4) is 0 Å². The molecular formula is C29H33BrN6. The fraction of sp³-hybridized carbons (Fsp3) is 0.276. The van der Waals surface area contributed by atoms with Crippen molar-refractivity contribution in [2.75, 3.05) is 49.4 Å². The zero-order valence-corrected chi connectivity index (χ0v) is 22.5. The molecule has 2 heterocycles. The van der Waals surface area contributed by atoms with Crippen molar-refractivity contribution in [2.45, 2.75) is 13.8 Å². The highest BCUT2D eigenvalue weighted by Gasteiger charge is 2.32. The average molecular weight is 546 g/mol. The Bertz CT molecular complexity index is 1210. The first kappa shape index (κ1) is 24.6. The number of nitrogens with zero attached hydrogens (tertiary/aromatic N) is 5. The minimum absolute atomic E-state index is 0.791. The standard InChI is InChI=1S/C29H33BrN6/c1-23-9-6-10-24(2)29(23)35-28(31-32-36(35)27-15-7-14-26(30)21-27)22-34-19-17-33(18-20-34)16-8-13-25-11-4-3-5-12-25/h3-15,21,32H,16-20,22H2,1-2H3. The lowest BCUT2D eigenvalue weighted by atomic mass is 10.1. The SMILES string of the molecule is Cc1cccc(C)c1N1C(CN2CCN(CC=Cc3ccccc3)CC2)=NNN1c1cccc(Br)c1. The Morgan fingerprint density at radius 1 is 0.861 bits per heavy atom. The molecule has 0 saturated carbocycles. The molecule has 5 rings (SSSR count). The minimum atomic E-state index is 0.791. The summed E-state index contributed by atoms with van der Waals surface area (Å²) in [5, 5.41) is 9.08. The Kier molecular flexibility index (Phi) is 7.70. The van der Waals surface area contributed by atoms with Gasteiger partial charge in [-0.1, -0.05) is 82.7 Å². The summed E-state index contributed by atoms with van der Waals surface area (Å²) in [5.74, 6) is 1.00. The number of nitrogens with one attached hydrogen (secondary N) is 1. The second-order valence-electron chi connectivity index (χ2n) is 9.36. The number of hydrogen-bond donors (Lipinski definition) is 1. The van der Waals surface area contributed by atoms with Gasteiger partial charge in [0.25, 0.3) is 0 Å². The van der Waals surface area contributed by atoms with Gasteiger partial charge in [-0.3, -0.25) is 9.80 Å². The molecule has 0 radical (unpaired) electrons. The Hall–Kier alpha value is -3.13. The fourth-order valence-electron chi connectivity index (χ4n) is 4.80. The van der Waals surface area contributed by atoms with Gasteiger partial charge in [-0.25, -0.2) is 5.01 Å². The smallest absolute Gasteiger partial charge is 0.166 e. The fourth-order valence-corrected chi connectivity index (χ4v) is 5.18. The van der Waals surface area contributed by atoms with Crippen molar-refractivity contribution in [3.63, 3.8) is 0 Å². The molecule has 0 aliphatic carbocycles.